The highest BCUT2D eigenvalue weighted by Gasteiger charge is 2.25. The van der Waals surface area contributed by atoms with Gasteiger partial charge in [-0.3, -0.25) is 9.00 Å². The van der Waals surface area contributed by atoms with Crippen LogP contribution in [-0.4, -0.2) is 59.7 Å². The molecule has 2 aromatic rings. The monoisotopic (exact) mass is 460 g/mol. The fraction of sp³-hybridized carbons (Fsp3) is 0.458. The Labute approximate surface area is 190 Å². The first-order chi connectivity index (χ1) is 15.4. The van der Waals surface area contributed by atoms with Crippen LogP contribution in [0.4, 0.5) is 10.1 Å². The van der Waals surface area contributed by atoms with Crippen LogP contribution < -0.4 is 14.4 Å². The van der Waals surface area contributed by atoms with Gasteiger partial charge in [-0.1, -0.05) is 0 Å². The van der Waals surface area contributed by atoms with Gasteiger partial charge in [-0.2, -0.15) is 0 Å². The lowest BCUT2D eigenvalue weighted by Crippen LogP contribution is -2.50. The standard InChI is InChI=1S/C24H29FN2O4S/c1-3-30-22-13-18-12-17(2)31-23(18)14-19(22)15-32(29)16-24(28)27-10-8-26(9-11-27)21-6-4-20(25)5-7-21/h4-7,13-14,17H,3,8-12,15-16H2,1-2H3. The van der Waals surface area contributed by atoms with Crippen LogP contribution in [0, 0.1) is 5.82 Å². The van der Waals surface area contributed by atoms with E-state index >= 15 is 0 Å². The SMILES string of the molecule is CCOc1cc2c(cc1CS(=O)CC(=O)N1CCN(c3ccc(F)cc3)CC1)OC(C)C2. The molecule has 1 amide bonds. The molecule has 0 radical (unpaired) electrons. The van der Waals surface area contributed by atoms with E-state index in [2.05, 4.69) is 4.90 Å². The number of nitrogens with zero attached hydrogens (tertiary/aromatic N) is 2. The zero-order valence-corrected chi connectivity index (χ0v) is 19.3. The maximum Gasteiger partial charge on any atom is 0.235 e. The largest absolute Gasteiger partial charge is 0.494 e. The van der Waals surface area contributed by atoms with E-state index in [0.717, 1.165) is 34.7 Å². The molecule has 0 spiro atoms. The van der Waals surface area contributed by atoms with Crippen molar-refractivity contribution in [3.63, 3.8) is 0 Å². The summed E-state index contributed by atoms with van der Waals surface area (Å²) in [6, 6.07) is 10.3. The van der Waals surface area contributed by atoms with Crippen LogP contribution in [0.15, 0.2) is 36.4 Å². The summed E-state index contributed by atoms with van der Waals surface area (Å²) in [4.78, 5) is 16.6. The molecule has 0 aromatic heterocycles. The van der Waals surface area contributed by atoms with Gasteiger partial charge < -0.3 is 19.3 Å². The van der Waals surface area contributed by atoms with Gasteiger partial charge in [0.05, 0.1) is 12.4 Å². The molecule has 8 heteroatoms. The lowest BCUT2D eigenvalue weighted by molar-refractivity contribution is -0.128. The molecule has 6 nitrogen and oxygen atoms in total. The minimum absolute atomic E-state index is 0.0174. The Balaban J connectivity index is 1.33. The number of hydrogen-bond donors (Lipinski definition) is 0. The molecule has 172 valence electrons. The topological polar surface area (TPSA) is 59.1 Å². The van der Waals surface area contributed by atoms with Gasteiger partial charge in [0.1, 0.15) is 29.2 Å². The molecule has 2 heterocycles. The van der Waals surface area contributed by atoms with Crippen LogP contribution in [-0.2, 0) is 27.8 Å². The highest BCUT2D eigenvalue weighted by molar-refractivity contribution is 7.84. The molecule has 2 atom stereocenters. The van der Waals surface area contributed by atoms with E-state index in [1.165, 1.54) is 12.1 Å². The first-order valence-electron chi connectivity index (χ1n) is 11.0. The molecule has 2 aliphatic heterocycles. The number of rotatable bonds is 7. The second kappa shape index (κ2) is 9.90. The number of amides is 1. The van der Waals surface area contributed by atoms with Crippen LogP contribution in [0.3, 0.4) is 0 Å². The molecule has 0 saturated carbocycles. The van der Waals surface area contributed by atoms with E-state index in [-0.39, 0.29) is 29.3 Å². The maximum absolute atomic E-state index is 13.1. The molecule has 2 unspecified atom stereocenters. The van der Waals surface area contributed by atoms with Gasteiger partial charge in [-0.25, -0.2) is 4.39 Å². The van der Waals surface area contributed by atoms with Crippen LogP contribution in [0.5, 0.6) is 11.5 Å². The van der Waals surface area contributed by atoms with E-state index < -0.39 is 10.8 Å². The summed E-state index contributed by atoms with van der Waals surface area (Å²) in [5.41, 5.74) is 2.86. The summed E-state index contributed by atoms with van der Waals surface area (Å²) in [6.07, 6.45) is 0.955. The van der Waals surface area contributed by atoms with Crippen molar-refractivity contribution in [3.05, 3.63) is 53.3 Å². The predicted octanol–water partition coefficient (Wildman–Crippen LogP) is 3.15. The van der Waals surface area contributed by atoms with Gasteiger partial charge in [-0.15, -0.1) is 0 Å². The zero-order chi connectivity index (χ0) is 22.7. The Morgan fingerprint density at radius 2 is 1.91 bits per heavy atom. The predicted molar refractivity (Wildman–Crippen MR) is 123 cm³/mol. The fourth-order valence-corrected chi connectivity index (χ4v) is 5.34. The molecule has 32 heavy (non-hydrogen) atoms. The molecule has 2 aliphatic rings. The van der Waals surface area contributed by atoms with Gasteiger partial charge >= 0.3 is 0 Å². The van der Waals surface area contributed by atoms with Crippen molar-refractivity contribution >= 4 is 22.4 Å². The van der Waals surface area contributed by atoms with E-state index in [4.69, 9.17) is 9.47 Å². The average Bonchev–Trinajstić information content (AvgIpc) is 3.13. The normalized spacial score (nSPS) is 18.8. The van der Waals surface area contributed by atoms with Crippen LogP contribution in [0.1, 0.15) is 25.0 Å². The molecule has 0 aliphatic carbocycles. The first-order valence-corrected chi connectivity index (χ1v) is 12.5. The van der Waals surface area contributed by atoms with E-state index in [1.54, 1.807) is 17.0 Å². The summed E-state index contributed by atoms with van der Waals surface area (Å²) in [7, 11) is -1.35. The van der Waals surface area contributed by atoms with Crippen LogP contribution in [0.25, 0.3) is 0 Å². The fourth-order valence-electron chi connectivity index (χ4n) is 4.20. The number of benzene rings is 2. The molecule has 4 rings (SSSR count). The van der Waals surface area contributed by atoms with Crippen molar-refractivity contribution < 1.29 is 22.9 Å². The summed E-state index contributed by atoms with van der Waals surface area (Å²) < 4.78 is 37.6. The number of hydrogen-bond acceptors (Lipinski definition) is 5. The number of ether oxygens (including phenoxy) is 2. The third-order valence-corrected chi connectivity index (χ3v) is 7.01. The van der Waals surface area contributed by atoms with Crippen molar-refractivity contribution in [1.29, 1.82) is 0 Å². The third-order valence-electron chi connectivity index (χ3n) is 5.80. The van der Waals surface area contributed by atoms with E-state index in [1.807, 2.05) is 26.0 Å². The molecule has 1 saturated heterocycles. The number of piperazine rings is 1. The number of halogens is 1. The van der Waals surface area contributed by atoms with Gasteiger partial charge in [-0.05, 0) is 50.2 Å². The number of fused-ring (bicyclic) bond motifs is 1. The molecule has 1 fully saturated rings. The van der Waals surface area contributed by atoms with Gasteiger partial charge in [0, 0.05) is 60.2 Å². The van der Waals surface area contributed by atoms with Crippen molar-refractivity contribution in [2.24, 2.45) is 0 Å². The molecular weight excluding hydrogens is 431 g/mol. The molecule has 0 N–H and O–H groups in total. The minimum atomic E-state index is -1.35. The highest BCUT2D eigenvalue weighted by atomic mass is 32.2. The summed E-state index contributed by atoms with van der Waals surface area (Å²) in [5, 5.41) is 0. The second-order valence-corrected chi connectivity index (χ2v) is 9.66. The zero-order valence-electron chi connectivity index (χ0n) is 18.5. The molecule has 0 bridgehead atoms. The van der Waals surface area contributed by atoms with Crippen molar-refractivity contribution in [2.45, 2.75) is 32.1 Å². The van der Waals surface area contributed by atoms with Crippen molar-refractivity contribution in [1.82, 2.24) is 4.90 Å². The summed E-state index contributed by atoms with van der Waals surface area (Å²) >= 11 is 0. The van der Waals surface area contributed by atoms with E-state index in [0.29, 0.717) is 32.8 Å². The Kier molecular flexibility index (Phi) is 6.98. The van der Waals surface area contributed by atoms with Gasteiger partial charge in [0.15, 0.2) is 0 Å². The Morgan fingerprint density at radius 1 is 1.19 bits per heavy atom. The van der Waals surface area contributed by atoms with Crippen molar-refractivity contribution in [2.75, 3.05) is 43.4 Å². The number of carbonyl (C=O) groups excluding carboxylic acids is 1. The second-order valence-electron chi connectivity index (χ2n) is 8.21. The average molecular weight is 461 g/mol. The quantitative estimate of drug-likeness (QED) is 0.635. The van der Waals surface area contributed by atoms with Crippen LogP contribution >= 0.6 is 0 Å². The van der Waals surface area contributed by atoms with E-state index in [9.17, 15) is 13.4 Å². The lowest BCUT2D eigenvalue weighted by Gasteiger charge is -2.36. The Hall–Kier alpha value is -2.61. The number of anilines is 1. The molecule has 2 aromatic carbocycles. The summed E-state index contributed by atoms with van der Waals surface area (Å²) in [5.74, 6) is 1.40. The van der Waals surface area contributed by atoms with Crippen molar-refractivity contribution in [3.8, 4) is 11.5 Å². The Bertz CT molecular complexity index is 990. The number of carbonyl (C=O) groups is 1. The first kappa shape index (κ1) is 22.6. The summed E-state index contributed by atoms with van der Waals surface area (Å²) in [6.45, 7) is 6.91. The minimum Gasteiger partial charge on any atom is -0.494 e. The maximum atomic E-state index is 13.1. The smallest absolute Gasteiger partial charge is 0.235 e. The lowest BCUT2D eigenvalue weighted by atomic mass is 10.1. The van der Waals surface area contributed by atoms with Crippen LogP contribution in [0.2, 0.25) is 0 Å². The highest BCUT2D eigenvalue weighted by Crippen LogP contribution is 2.35. The Morgan fingerprint density at radius 3 is 2.59 bits per heavy atom. The molecular formula is C24H29FN2O4S. The van der Waals surface area contributed by atoms with Gasteiger partial charge in [0.25, 0.3) is 0 Å². The van der Waals surface area contributed by atoms with Gasteiger partial charge in [0.2, 0.25) is 5.91 Å². The third kappa shape index (κ3) is 5.23.